The van der Waals surface area contributed by atoms with Gasteiger partial charge in [-0.2, -0.15) is 5.10 Å². The van der Waals surface area contributed by atoms with Crippen molar-refractivity contribution in [2.45, 2.75) is 40.3 Å². The minimum Gasteiger partial charge on any atom is -0.497 e. The number of hydrogen-bond acceptors (Lipinski definition) is 5. The van der Waals surface area contributed by atoms with E-state index in [9.17, 15) is 4.79 Å². The van der Waals surface area contributed by atoms with E-state index in [2.05, 4.69) is 41.7 Å². The third-order valence-electron chi connectivity index (χ3n) is 5.72. The summed E-state index contributed by atoms with van der Waals surface area (Å²) in [4.78, 5) is 12.9. The molecule has 4 rings (SSSR count). The minimum atomic E-state index is -0.215. The van der Waals surface area contributed by atoms with Crippen LogP contribution in [0.15, 0.2) is 42.5 Å². The number of aromatic nitrogens is 2. The Morgan fingerprint density at radius 2 is 2.00 bits per heavy atom. The Morgan fingerprint density at radius 3 is 2.76 bits per heavy atom. The lowest BCUT2D eigenvalue weighted by atomic mass is 10.0. The summed E-state index contributed by atoms with van der Waals surface area (Å²) in [6.07, 6.45) is 0.967. The molecule has 2 N–H and O–H groups in total. The molecule has 2 aromatic carbocycles. The van der Waals surface area contributed by atoms with Gasteiger partial charge in [0, 0.05) is 23.5 Å². The topological polar surface area (TPSA) is 77.4 Å². The summed E-state index contributed by atoms with van der Waals surface area (Å²) in [5, 5.41) is 10.9. The van der Waals surface area contributed by atoms with E-state index in [0.29, 0.717) is 24.8 Å². The highest BCUT2D eigenvalue weighted by atomic mass is 35.5. The number of nitrogens with zero attached hydrogens (tertiary/aromatic N) is 2. The molecule has 1 amide bonds. The number of anilines is 1. The molecule has 0 bridgehead atoms. The minimum absolute atomic E-state index is 0. The van der Waals surface area contributed by atoms with Gasteiger partial charge in [-0.15, -0.1) is 12.4 Å². The largest absolute Gasteiger partial charge is 0.497 e. The van der Waals surface area contributed by atoms with Crippen molar-refractivity contribution >= 4 is 24.0 Å². The van der Waals surface area contributed by atoms with Gasteiger partial charge in [0.15, 0.2) is 5.69 Å². The first kappa shape index (κ1) is 25.6. The molecule has 1 aromatic heterocycles. The van der Waals surface area contributed by atoms with Crippen molar-refractivity contribution in [3.05, 3.63) is 70.5 Å². The number of carbonyl (C=O) groups excluding carboxylic acids is 1. The first-order valence-electron chi connectivity index (χ1n) is 11.4. The fraction of sp³-hybridized carbons (Fsp3) is 0.385. The molecule has 1 aliphatic heterocycles. The molecule has 0 saturated heterocycles. The molecule has 0 aliphatic carbocycles. The number of nitrogens with one attached hydrogen (secondary N) is 2. The van der Waals surface area contributed by atoms with E-state index in [1.54, 1.807) is 7.11 Å². The Labute approximate surface area is 207 Å². The van der Waals surface area contributed by atoms with Gasteiger partial charge in [0.1, 0.15) is 11.5 Å². The summed E-state index contributed by atoms with van der Waals surface area (Å²) in [6, 6.07) is 13.7. The fourth-order valence-electron chi connectivity index (χ4n) is 3.90. The summed E-state index contributed by atoms with van der Waals surface area (Å²) in [5.74, 6) is 1.76. The van der Waals surface area contributed by atoms with Crippen LogP contribution in [0.2, 0.25) is 0 Å². The van der Waals surface area contributed by atoms with Crippen molar-refractivity contribution in [3.63, 3.8) is 0 Å². The van der Waals surface area contributed by atoms with E-state index in [4.69, 9.17) is 9.47 Å². The molecule has 0 fully saturated rings. The predicted molar refractivity (Wildman–Crippen MR) is 136 cm³/mol. The Balaban J connectivity index is 0.00000324. The standard InChI is InChI=1S/C26H32N4O3.ClH/c1-17(2)16-33-25-8-7-23(32-4)13-21(25)15-30-18(3)11-24(29-30)26(31)28-22-6-5-20-14-27-10-9-19(20)12-22;/h5-8,11-13,17,27H,9-10,14-16H2,1-4H3,(H,28,31);1H. The SMILES string of the molecule is COc1ccc(OCC(C)C)c(Cn2nc(C(=O)Nc3ccc4c(c3)CCNC4)cc2C)c1.Cl. The van der Waals surface area contributed by atoms with E-state index < -0.39 is 0 Å². The molecule has 3 aromatic rings. The van der Waals surface area contributed by atoms with Gasteiger partial charge in [0.2, 0.25) is 0 Å². The quantitative estimate of drug-likeness (QED) is 0.488. The summed E-state index contributed by atoms with van der Waals surface area (Å²) >= 11 is 0. The van der Waals surface area contributed by atoms with Crippen LogP contribution in [0.5, 0.6) is 11.5 Å². The number of carbonyl (C=O) groups is 1. The normalized spacial score (nSPS) is 12.6. The van der Waals surface area contributed by atoms with Crippen molar-refractivity contribution in [2.75, 3.05) is 25.6 Å². The van der Waals surface area contributed by atoms with Gasteiger partial charge in [0.05, 0.1) is 20.3 Å². The summed E-state index contributed by atoms with van der Waals surface area (Å²) in [7, 11) is 1.65. The van der Waals surface area contributed by atoms with Gasteiger partial charge in [-0.1, -0.05) is 19.9 Å². The van der Waals surface area contributed by atoms with Crippen LogP contribution < -0.4 is 20.1 Å². The second-order valence-electron chi connectivity index (χ2n) is 8.87. The highest BCUT2D eigenvalue weighted by Gasteiger charge is 2.16. The van der Waals surface area contributed by atoms with E-state index in [1.165, 1.54) is 11.1 Å². The molecule has 0 unspecified atom stereocenters. The lowest BCUT2D eigenvalue weighted by molar-refractivity contribution is 0.102. The molecule has 182 valence electrons. The zero-order valence-corrected chi connectivity index (χ0v) is 21.0. The third kappa shape index (κ3) is 6.10. The van der Waals surface area contributed by atoms with Crippen molar-refractivity contribution < 1.29 is 14.3 Å². The molecule has 0 saturated carbocycles. The first-order chi connectivity index (χ1) is 15.9. The lowest BCUT2D eigenvalue weighted by Gasteiger charge is -2.17. The maximum atomic E-state index is 12.9. The molecule has 0 spiro atoms. The van der Waals surface area contributed by atoms with E-state index >= 15 is 0 Å². The third-order valence-corrected chi connectivity index (χ3v) is 5.72. The molecule has 0 atom stereocenters. The molecule has 34 heavy (non-hydrogen) atoms. The van der Waals surface area contributed by atoms with Gasteiger partial charge < -0.3 is 20.1 Å². The van der Waals surface area contributed by atoms with Crippen molar-refractivity contribution in [1.29, 1.82) is 0 Å². The molecule has 7 nitrogen and oxygen atoms in total. The average molecular weight is 485 g/mol. The van der Waals surface area contributed by atoms with Crippen LogP contribution >= 0.6 is 12.4 Å². The predicted octanol–water partition coefficient (Wildman–Crippen LogP) is 4.60. The van der Waals surface area contributed by atoms with Crippen LogP contribution in [0.3, 0.4) is 0 Å². The van der Waals surface area contributed by atoms with Gasteiger partial charge in [-0.3, -0.25) is 9.48 Å². The Kier molecular flexibility index (Phi) is 8.58. The number of fused-ring (bicyclic) bond motifs is 1. The number of hydrogen-bond donors (Lipinski definition) is 2. The second kappa shape index (κ2) is 11.4. The molecule has 2 heterocycles. The smallest absolute Gasteiger partial charge is 0.276 e. The van der Waals surface area contributed by atoms with E-state index in [1.807, 2.05) is 41.9 Å². The zero-order chi connectivity index (χ0) is 23.4. The number of methoxy groups -OCH3 is 1. The monoisotopic (exact) mass is 484 g/mol. The van der Waals surface area contributed by atoms with Crippen LogP contribution in [0.1, 0.15) is 46.7 Å². The maximum Gasteiger partial charge on any atom is 0.276 e. The number of benzene rings is 2. The number of ether oxygens (including phenoxy) is 2. The number of halogens is 1. The molecule has 8 heteroatoms. The molecule has 0 radical (unpaired) electrons. The summed E-state index contributed by atoms with van der Waals surface area (Å²) in [5.41, 5.74) is 5.60. The zero-order valence-electron chi connectivity index (χ0n) is 20.2. The van der Waals surface area contributed by atoms with E-state index in [-0.39, 0.29) is 18.3 Å². The summed E-state index contributed by atoms with van der Waals surface area (Å²) < 4.78 is 13.2. The Hall–Kier alpha value is -3.03. The van der Waals surface area contributed by atoms with Crippen LogP contribution in [0.25, 0.3) is 0 Å². The summed E-state index contributed by atoms with van der Waals surface area (Å²) in [6.45, 7) is 9.12. The number of aryl methyl sites for hydroxylation is 1. The van der Waals surface area contributed by atoms with Crippen LogP contribution in [0.4, 0.5) is 5.69 Å². The number of rotatable bonds is 8. The lowest BCUT2D eigenvalue weighted by Crippen LogP contribution is -2.23. The molecular formula is C26H33ClN4O3. The molecule has 1 aliphatic rings. The molecular weight excluding hydrogens is 452 g/mol. The van der Waals surface area contributed by atoms with Crippen molar-refractivity contribution in [1.82, 2.24) is 15.1 Å². The first-order valence-corrected chi connectivity index (χ1v) is 11.4. The highest BCUT2D eigenvalue weighted by molar-refractivity contribution is 6.03. The van der Waals surface area contributed by atoms with E-state index in [0.717, 1.165) is 48.0 Å². The average Bonchev–Trinajstić information content (AvgIpc) is 3.18. The van der Waals surface area contributed by atoms with Gasteiger partial charge >= 0.3 is 0 Å². The maximum absolute atomic E-state index is 12.9. The van der Waals surface area contributed by atoms with Gasteiger partial charge in [0.25, 0.3) is 5.91 Å². The van der Waals surface area contributed by atoms with Crippen LogP contribution in [-0.2, 0) is 19.5 Å². The Bertz CT molecular complexity index is 1140. The second-order valence-corrected chi connectivity index (χ2v) is 8.87. The van der Waals surface area contributed by atoms with Crippen molar-refractivity contribution in [2.24, 2.45) is 5.92 Å². The highest BCUT2D eigenvalue weighted by Crippen LogP contribution is 2.26. The van der Waals surface area contributed by atoms with Gasteiger partial charge in [-0.25, -0.2) is 0 Å². The van der Waals surface area contributed by atoms with Crippen LogP contribution in [0, 0.1) is 12.8 Å². The Morgan fingerprint density at radius 1 is 1.18 bits per heavy atom. The fourth-order valence-corrected chi connectivity index (χ4v) is 3.90. The number of amides is 1. The van der Waals surface area contributed by atoms with Crippen molar-refractivity contribution in [3.8, 4) is 11.5 Å². The van der Waals surface area contributed by atoms with Crippen LogP contribution in [-0.4, -0.2) is 35.9 Å². The van der Waals surface area contributed by atoms with Gasteiger partial charge in [-0.05, 0) is 73.3 Å².